The van der Waals surface area contributed by atoms with Gasteiger partial charge in [0.05, 0.1) is 4.90 Å². The van der Waals surface area contributed by atoms with Gasteiger partial charge in [0.1, 0.15) is 0 Å². The van der Waals surface area contributed by atoms with Gasteiger partial charge < -0.3 is 0 Å². The second-order valence-electron chi connectivity index (χ2n) is 5.73. The van der Waals surface area contributed by atoms with Crippen molar-refractivity contribution in [2.24, 2.45) is 0 Å². The van der Waals surface area contributed by atoms with Gasteiger partial charge >= 0.3 is 0 Å². The van der Waals surface area contributed by atoms with E-state index in [1.54, 1.807) is 6.07 Å². The largest absolute Gasteiger partial charge is 0.299 e. The van der Waals surface area contributed by atoms with Crippen molar-refractivity contribution in [2.75, 3.05) is 19.6 Å². The van der Waals surface area contributed by atoms with Crippen LogP contribution in [-0.2, 0) is 10.0 Å². The topological polar surface area (TPSA) is 49.4 Å². The van der Waals surface area contributed by atoms with E-state index < -0.39 is 10.0 Å². The Labute approximate surface area is 136 Å². The lowest BCUT2D eigenvalue weighted by molar-refractivity contribution is 0.175. The Morgan fingerprint density at radius 1 is 1.29 bits per heavy atom. The molecular weight excluding hydrogens is 352 g/mol. The van der Waals surface area contributed by atoms with E-state index in [1.165, 1.54) is 19.3 Å². The van der Waals surface area contributed by atoms with E-state index in [0.29, 0.717) is 15.9 Å². The number of hydrogen-bond donors (Lipinski definition) is 1. The van der Waals surface area contributed by atoms with Crippen molar-refractivity contribution in [2.45, 2.75) is 44.0 Å². The number of hydrogen-bond acceptors (Lipinski definition) is 3. The Balaban J connectivity index is 2.00. The van der Waals surface area contributed by atoms with Crippen LogP contribution in [0, 0.1) is 6.92 Å². The van der Waals surface area contributed by atoms with Crippen molar-refractivity contribution in [3.05, 3.63) is 28.2 Å². The molecule has 1 N–H and O–H groups in total. The Morgan fingerprint density at radius 2 is 1.95 bits per heavy atom. The van der Waals surface area contributed by atoms with Crippen LogP contribution in [0.2, 0.25) is 0 Å². The summed E-state index contributed by atoms with van der Waals surface area (Å²) in [6.07, 6.45) is 3.70. The molecule has 0 bridgehead atoms. The summed E-state index contributed by atoms with van der Waals surface area (Å²) in [6.45, 7) is 6.60. The molecule has 2 rings (SSSR count). The maximum absolute atomic E-state index is 12.4. The lowest BCUT2D eigenvalue weighted by atomic mass is 10.1. The molecule has 1 aliphatic rings. The summed E-state index contributed by atoms with van der Waals surface area (Å²) < 4.78 is 28.1. The van der Waals surface area contributed by atoms with Gasteiger partial charge in [0.15, 0.2) is 0 Å². The Kier molecular flexibility index (Phi) is 5.82. The minimum absolute atomic E-state index is 0.226. The number of aryl methyl sites for hydroxylation is 1. The molecule has 1 fully saturated rings. The molecular formula is C15H23BrN2O2S. The Morgan fingerprint density at radius 3 is 2.57 bits per heavy atom. The van der Waals surface area contributed by atoms with E-state index in [2.05, 4.69) is 32.5 Å². The van der Waals surface area contributed by atoms with Crippen LogP contribution in [-0.4, -0.2) is 39.0 Å². The monoisotopic (exact) mass is 374 g/mol. The van der Waals surface area contributed by atoms with Crippen LogP contribution in [0.4, 0.5) is 0 Å². The smallest absolute Gasteiger partial charge is 0.241 e. The molecule has 0 radical (unpaired) electrons. The predicted octanol–water partition coefficient (Wildman–Crippen LogP) is 2.91. The highest BCUT2D eigenvalue weighted by Gasteiger charge is 2.21. The fourth-order valence-electron chi connectivity index (χ4n) is 2.62. The normalized spacial score (nSPS) is 18.6. The standard InChI is InChI=1S/C15H23BrN2O2S/c1-12-6-7-15(14(16)10-12)21(19,20)17-11-13(2)18-8-4-3-5-9-18/h6-7,10,13,17H,3-5,8-9,11H2,1-2H3. The van der Waals surface area contributed by atoms with Gasteiger partial charge in [-0.3, -0.25) is 4.90 Å². The molecule has 1 aromatic rings. The van der Waals surface area contributed by atoms with Gasteiger partial charge in [0.25, 0.3) is 0 Å². The fourth-order valence-corrected chi connectivity index (χ4v) is 4.93. The van der Waals surface area contributed by atoms with Gasteiger partial charge in [-0.05, 0) is 73.4 Å². The highest BCUT2D eigenvalue weighted by Crippen LogP contribution is 2.23. The molecule has 0 amide bonds. The number of nitrogens with one attached hydrogen (secondary N) is 1. The van der Waals surface area contributed by atoms with Crippen molar-refractivity contribution >= 4 is 26.0 Å². The summed E-state index contributed by atoms with van der Waals surface area (Å²) in [5, 5.41) is 0. The second-order valence-corrected chi connectivity index (χ2v) is 8.32. The lowest BCUT2D eigenvalue weighted by Crippen LogP contribution is -2.44. The summed E-state index contributed by atoms with van der Waals surface area (Å²) in [4.78, 5) is 2.66. The zero-order valence-electron chi connectivity index (χ0n) is 12.6. The van der Waals surface area contributed by atoms with Crippen LogP contribution in [0.5, 0.6) is 0 Å². The van der Waals surface area contributed by atoms with Gasteiger partial charge in [-0.2, -0.15) is 0 Å². The minimum atomic E-state index is -3.46. The maximum Gasteiger partial charge on any atom is 0.241 e. The van der Waals surface area contributed by atoms with Crippen LogP contribution in [0.15, 0.2) is 27.6 Å². The third-order valence-corrected chi connectivity index (χ3v) is 6.36. The highest BCUT2D eigenvalue weighted by atomic mass is 79.9. The first kappa shape index (κ1) is 16.9. The number of likely N-dealkylation sites (tertiary alicyclic amines) is 1. The van der Waals surface area contributed by atoms with Crippen molar-refractivity contribution in [1.29, 1.82) is 0 Å². The molecule has 1 saturated heterocycles. The molecule has 6 heteroatoms. The van der Waals surface area contributed by atoms with E-state index in [-0.39, 0.29) is 6.04 Å². The van der Waals surface area contributed by atoms with E-state index in [4.69, 9.17) is 0 Å². The first-order valence-corrected chi connectivity index (χ1v) is 9.67. The molecule has 1 aliphatic heterocycles. The first-order chi connectivity index (χ1) is 9.90. The third-order valence-electron chi connectivity index (χ3n) is 3.96. The van der Waals surface area contributed by atoms with Crippen LogP contribution in [0.3, 0.4) is 0 Å². The van der Waals surface area contributed by atoms with E-state index >= 15 is 0 Å². The Bertz CT molecular complexity index is 583. The third kappa shape index (κ3) is 4.52. The van der Waals surface area contributed by atoms with Crippen molar-refractivity contribution in [3.63, 3.8) is 0 Å². The molecule has 1 heterocycles. The number of halogens is 1. The number of sulfonamides is 1. The van der Waals surface area contributed by atoms with Gasteiger partial charge in [-0.25, -0.2) is 13.1 Å². The van der Waals surface area contributed by atoms with E-state index in [9.17, 15) is 8.42 Å². The summed E-state index contributed by atoms with van der Waals surface area (Å²) >= 11 is 3.34. The average Bonchev–Trinajstić information content (AvgIpc) is 2.45. The SMILES string of the molecule is Cc1ccc(S(=O)(=O)NCC(C)N2CCCCC2)c(Br)c1. The van der Waals surface area contributed by atoms with Crippen LogP contribution >= 0.6 is 15.9 Å². The molecule has 1 aromatic carbocycles. The fraction of sp³-hybridized carbons (Fsp3) is 0.600. The van der Waals surface area contributed by atoms with Gasteiger partial charge in [0, 0.05) is 17.1 Å². The van der Waals surface area contributed by atoms with Gasteiger partial charge in [-0.15, -0.1) is 0 Å². The number of benzene rings is 1. The summed E-state index contributed by atoms with van der Waals surface area (Å²) in [7, 11) is -3.46. The Hall–Kier alpha value is -0.430. The second kappa shape index (κ2) is 7.22. The minimum Gasteiger partial charge on any atom is -0.299 e. The summed E-state index contributed by atoms with van der Waals surface area (Å²) in [5.41, 5.74) is 1.03. The number of piperidine rings is 1. The average molecular weight is 375 g/mol. The summed E-state index contributed by atoms with van der Waals surface area (Å²) in [5.74, 6) is 0. The molecule has 1 atom stereocenters. The first-order valence-electron chi connectivity index (χ1n) is 7.40. The molecule has 0 aromatic heterocycles. The van der Waals surface area contributed by atoms with E-state index in [1.807, 2.05) is 19.1 Å². The van der Waals surface area contributed by atoms with Crippen molar-refractivity contribution in [3.8, 4) is 0 Å². The van der Waals surface area contributed by atoms with Crippen LogP contribution in [0.1, 0.15) is 31.7 Å². The molecule has 0 spiro atoms. The highest BCUT2D eigenvalue weighted by molar-refractivity contribution is 9.10. The molecule has 118 valence electrons. The molecule has 0 aliphatic carbocycles. The molecule has 0 saturated carbocycles. The number of nitrogens with zero attached hydrogens (tertiary/aromatic N) is 1. The molecule has 4 nitrogen and oxygen atoms in total. The quantitative estimate of drug-likeness (QED) is 0.861. The zero-order chi connectivity index (χ0) is 15.5. The van der Waals surface area contributed by atoms with Gasteiger partial charge in [0.2, 0.25) is 10.0 Å². The van der Waals surface area contributed by atoms with Crippen LogP contribution in [0.25, 0.3) is 0 Å². The van der Waals surface area contributed by atoms with Gasteiger partial charge in [-0.1, -0.05) is 12.5 Å². The molecule has 1 unspecified atom stereocenters. The van der Waals surface area contributed by atoms with Crippen LogP contribution < -0.4 is 4.72 Å². The number of rotatable bonds is 5. The zero-order valence-corrected chi connectivity index (χ0v) is 15.0. The predicted molar refractivity (Wildman–Crippen MR) is 89.0 cm³/mol. The van der Waals surface area contributed by atoms with Crippen molar-refractivity contribution < 1.29 is 8.42 Å². The van der Waals surface area contributed by atoms with Crippen molar-refractivity contribution in [1.82, 2.24) is 9.62 Å². The maximum atomic E-state index is 12.4. The van der Waals surface area contributed by atoms with E-state index in [0.717, 1.165) is 18.7 Å². The molecule has 21 heavy (non-hydrogen) atoms. The lowest BCUT2D eigenvalue weighted by Gasteiger charge is -2.32. The summed E-state index contributed by atoms with van der Waals surface area (Å²) in [6, 6.07) is 5.51.